The summed E-state index contributed by atoms with van der Waals surface area (Å²) in [6.07, 6.45) is 0.516. The van der Waals surface area contributed by atoms with Gasteiger partial charge in [0.1, 0.15) is 17.1 Å². The third-order valence-corrected chi connectivity index (χ3v) is 2.62. The Bertz CT molecular complexity index is 553. The van der Waals surface area contributed by atoms with Crippen molar-refractivity contribution >= 4 is 5.97 Å². The standard InChI is InChI=1S/C14H12O4/c15-11-7-10(6-9-4-2-1-3-5-9)8-12(16)13(11)14(17)18/h1-5,7-8,15-16H,6H2,(H,17,18). The maximum Gasteiger partial charge on any atom is 0.343 e. The maximum absolute atomic E-state index is 10.8. The van der Waals surface area contributed by atoms with E-state index in [2.05, 4.69) is 0 Å². The van der Waals surface area contributed by atoms with Gasteiger partial charge in [0.15, 0.2) is 0 Å². The van der Waals surface area contributed by atoms with Crippen molar-refractivity contribution in [1.82, 2.24) is 0 Å². The third-order valence-electron chi connectivity index (χ3n) is 2.62. The first-order chi connectivity index (χ1) is 8.58. The zero-order valence-corrected chi connectivity index (χ0v) is 9.50. The Labute approximate surface area is 104 Å². The van der Waals surface area contributed by atoms with Crippen molar-refractivity contribution < 1.29 is 20.1 Å². The second-order valence-corrected chi connectivity index (χ2v) is 3.98. The summed E-state index contributed by atoms with van der Waals surface area (Å²) in [5.74, 6) is -2.20. The highest BCUT2D eigenvalue weighted by Crippen LogP contribution is 2.29. The molecule has 0 saturated heterocycles. The molecule has 0 aromatic heterocycles. The molecule has 2 aromatic carbocycles. The predicted molar refractivity (Wildman–Crippen MR) is 66.0 cm³/mol. The molecule has 0 heterocycles. The minimum absolute atomic E-state index is 0.423. The average Bonchev–Trinajstić information content (AvgIpc) is 2.28. The molecule has 3 N–H and O–H groups in total. The molecule has 2 rings (SSSR count). The van der Waals surface area contributed by atoms with E-state index >= 15 is 0 Å². The number of carboxylic acid groups (broad SMARTS) is 1. The fourth-order valence-corrected chi connectivity index (χ4v) is 1.82. The maximum atomic E-state index is 10.8. The largest absolute Gasteiger partial charge is 0.507 e. The van der Waals surface area contributed by atoms with E-state index in [1.165, 1.54) is 12.1 Å². The van der Waals surface area contributed by atoms with Crippen LogP contribution >= 0.6 is 0 Å². The van der Waals surface area contributed by atoms with Crippen molar-refractivity contribution in [3.05, 3.63) is 59.2 Å². The van der Waals surface area contributed by atoms with Crippen molar-refractivity contribution in [3.63, 3.8) is 0 Å². The Morgan fingerprint density at radius 3 is 2.00 bits per heavy atom. The SMILES string of the molecule is O=C(O)c1c(O)cc(Cc2ccccc2)cc1O. The van der Waals surface area contributed by atoms with Gasteiger partial charge >= 0.3 is 5.97 Å². The lowest BCUT2D eigenvalue weighted by Crippen LogP contribution is -1.99. The van der Waals surface area contributed by atoms with Crippen LogP contribution in [0.25, 0.3) is 0 Å². The third kappa shape index (κ3) is 2.43. The van der Waals surface area contributed by atoms with E-state index in [0.29, 0.717) is 12.0 Å². The molecule has 18 heavy (non-hydrogen) atoms. The first-order valence-electron chi connectivity index (χ1n) is 5.40. The fraction of sp³-hybridized carbons (Fsp3) is 0.0714. The van der Waals surface area contributed by atoms with E-state index in [9.17, 15) is 15.0 Å². The zero-order valence-electron chi connectivity index (χ0n) is 9.50. The summed E-state index contributed by atoms with van der Waals surface area (Å²) in [6, 6.07) is 12.2. The van der Waals surface area contributed by atoms with Gasteiger partial charge in [-0.15, -0.1) is 0 Å². The summed E-state index contributed by atoms with van der Waals surface area (Å²) in [4.78, 5) is 10.8. The molecule has 92 valence electrons. The molecule has 4 nitrogen and oxygen atoms in total. The number of carboxylic acids is 1. The molecule has 2 aromatic rings. The van der Waals surface area contributed by atoms with Crippen molar-refractivity contribution in [3.8, 4) is 11.5 Å². The number of phenols is 2. The molecule has 0 spiro atoms. The summed E-state index contributed by atoms with van der Waals surface area (Å²) in [5.41, 5.74) is 1.20. The molecule has 0 saturated carbocycles. The second kappa shape index (κ2) is 4.79. The fourth-order valence-electron chi connectivity index (χ4n) is 1.82. The van der Waals surface area contributed by atoms with E-state index in [1.807, 2.05) is 30.3 Å². The van der Waals surface area contributed by atoms with Crippen molar-refractivity contribution in [1.29, 1.82) is 0 Å². The predicted octanol–water partition coefficient (Wildman–Crippen LogP) is 2.39. The summed E-state index contributed by atoms with van der Waals surface area (Å²) in [7, 11) is 0. The Morgan fingerprint density at radius 1 is 0.944 bits per heavy atom. The van der Waals surface area contributed by atoms with Crippen LogP contribution in [-0.4, -0.2) is 21.3 Å². The van der Waals surface area contributed by atoms with Gasteiger partial charge in [-0.25, -0.2) is 4.79 Å². The van der Waals surface area contributed by atoms with Crippen LogP contribution in [0.3, 0.4) is 0 Å². The quantitative estimate of drug-likeness (QED) is 0.774. The molecule has 0 bridgehead atoms. The smallest absolute Gasteiger partial charge is 0.343 e. The normalized spacial score (nSPS) is 10.2. The Hall–Kier alpha value is -2.49. The molecular formula is C14H12O4. The minimum Gasteiger partial charge on any atom is -0.507 e. The molecule has 0 unspecified atom stereocenters. The topological polar surface area (TPSA) is 77.8 Å². The number of aromatic carboxylic acids is 1. The van der Waals surface area contributed by atoms with Gasteiger partial charge in [-0.2, -0.15) is 0 Å². The summed E-state index contributed by atoms with van der Waals surface area (Å²) in [6.45, 7) is 0. The summed E-state index contributed by atoms with van der Waals surface area (Å²) in [5, 5.41) is 28.0. The summed E-state index contributed by atoms with van der Waals surface area (Å²) >= 11 is 0. The van der Waals surface area contributed by atoms with Gasteiger partial charge in [0.25, 0.3) is 0 Å². The number of hydrogen-bond donors (Lipinski definition) is 3. The van der Waals surface area contributed by atoms with E-state index in [-0.39, 0.29) is 0 Å². The molecule has 0 aliphatic carbocycles. The van der Waals surface area contributed by atoms with Gasteiger partial charge in [-0.05, 0) is 29.7 Å². The number of aromatic hydroxyl groups is 2. The van der Waals surface area contributed by atoms with E-state index < -0.39 is 23.0 Å². The van der Waals surface area contributed by atoms with E-state index in [4.69, 9.17) is 5.11 Å². The molecule has 0 amide bonds. The first-order valence-corrected chi connectivity index (χ1v) is 5.40. The molecular weight excluding hydrogens is 232 g/mol. The van der Waals surface area contributed by atoms with Gasteiger partial charge in [-0.3, -0.25) is 0 Å². The van der Waals surface area contributed by atoms with Crippen LogP contribution in [0.5, 0.6) is 11.5 Å². The monoisotopic (exact) mass is 244 g/mol. The average molecular weight is 244 g/mol. The highest BCUT2D eigenvalue weighted by atomic mass is 16.4. The van der Waals surface area contributed by atoms with Gasteiger partial charge in [0, 0.05) is 0 Å². The van der Waals surface area contributed by atoms with Crippen molar-refractivity contribution in [2.45, 2.75) is 6.42 Å². The summed E-state index contributed by atoms with van der Waals surface area (Å²) < 4.78 is 0. The number of rotatable bonds is 3. The van der Waals surface area contributed by atoms with Crippen LogP contribution in [0.4, 0.5) is 0 Å². The van der Waals surface area contributed by atoms with Crippen LogP contribution in [0.1, 0.15) is 21.5 Å². The molecule has 0 aliphatic heterocycles. The van der Waals surface area contributed by atoms with Gasteiger partial charge in [-0.1, -0.05) is 30.3 Å². The lowest BCUT2D eigenvalue weighted by atomic mass is 10.0. The lowest BCUT2D eigenvalue weighted by molar-refractivity contribution is 0.0690. The Balaban J connectivity index is 2.34. The van der Waals surface area contributed by atoms with Crippen LogP contribution in [0.2, 0.25) is 0 Å². The van der Waals surface area contributed by atoms with Crippen LogP contribution in [0.15, 0.2) is 42.5 Å². The number of hydrogen-bond acceptors (Lipinski definition) is 3. The molecule has 0 radical (unpaired) electrons. The Kier molecular flexibility index (Phi) is 3.19. The zero-order chi connectivity index (χ0) is 13.1. The highest BCUT2D eigenvalue weighted by Gasteiger charge is 2.16. The highest BCUT2D eigenvalue weighted by molar-refractivity contribution is 5.94. The number of benzene rings is 2. The van der Waals surface area contributed by atoms with Crippen molar-refractivity contribution in [2.75, 3.05) is 0 Å². The van der Waals surface area contributed by atoms with Gasteiger partial charge < -0.3 is 15.3 Å². The van der Waals surface area contributed by atoms with Crippen LogP contribution in [-0.2, 0) is 6.42 Å². The van der Waals surface area contributed by atoms with Gasteiger partial charge in [0.05, 0.1) is 0 Å². The van der Waals surface area contributed by atoms with Crippen LogP contribution < -0.4 is 0 Å². The molecule has 4 heteroatoms. The second-order valence-electron chi connectivity index (χ2n) is 3.98. The molecule has 0 atom stereocenters. The molecule has 0 fully saturated rings. The van der Waals surface area contributed by atoms with Crippen LogP contribution in [0, 0.1) is 0 Å². The van der Waals surface area contributed by atoms with Crippen molar-refractivity contribution in [2.24, 2.45) is 0 Å². The number of carbonyl (C=O) groups is 1. The van der Waals surface area contributed by atoms with E-state index in [0.717, 1.165) is 5.56 Å². The Morgan fingerprint density at radius 2 is 1.50 bits per heavy atom. The van der Waals surface area contributed by atoms with E-state index in [1.54, 1.807) is 0 Å². The lowest BCUT2D eigenvalue weighted by Gasteiger charge is -2.07. The first kappa shape index (κ1) is 12.0. The molecule has 0 aliphatic rings. The van der Waals surface area contributed by atoms with Gasteiger partial charge in [0.2, 0.25) is 0 Å². The minimum atomic E-state index is -1.35.